The largest absolute Gasteiger partial charge is 0.484 e. The van der Waals surface area contributed by atoms with Crippen LogP contribution < -0.4 is 10.2 Å². The Kier molecular flexibility index (Phi) is 5.68. The smallest absolute Gasteiger partial charge is 0.277 e. The van der Waals surface area contributed by atoms with Gasteiger partial charge in [-0.15, -0.1) is 0 Å². The van der Waals surface area contributed by atoms with Crippen molar-refractivity contribution < 1.29 is 9.53 Å². The lowest BCUT2D eigenvalue weighted by Crippen LogP contribution is -2.25. The fraction of sp³-hybridized carbons (Fsp3) is 0.316. The number of ether oxygens (including phenoxy) is 1. The third-order valence-electron chi connectivity index (χ3n) is 3.52. The number of hydrogen-bond acceptors (Lipinski definition) is 4. The Balaban J connectivity index is 1.85. The molecule has 1 aromatic carbocycles. The Hall–Kier alpha value is -2.69. The predicted octanol–water partition coefficient (Wildman–Crippen LogP) is 3.30. The molecule has 1 heterocycles. The highest BCUT2D eigenvalue weighted by atomic mass is 16.5. The third kappa shape index (κ3) is 5.19. The van der Waals surface area contributed by atoms with Crippen LogP contribution in [0.2, 0.25) is 0 Å². The van der Waals surface area contributed by atoms with Crippen LogP contribution in [0.15, 0.2) is 53.9 Å². The molecule has 2 rings (SSSR count). The van der Waals surface area contributed by atoms with Gasteiger partial charge in [0.05, 0.1) is 5.71 Å². The van der Waals surface area contributed by atoms with E-state index in [1.165, 1.54) is 5.56 Å². The van der Waals surface area contributed by atoms with Gasteiger partial charge in [0.15, 0.2) is 6.61 Å². The number of carbonyl (C=O) groups is 1. The topological polar surface area (TPSA) is 63.6 Å². The van der Waals surface area contributed by atoms with Crippen LogP contribution in [-0.2, 0) is 10.2 Å². The summed E-state index contributed by atoms with van der Waals surface area (Å²) in [5, 5.41) is 4.05. The van der Waals surface area contributed by atoms with Gasteiger partial charge in [0, 0.05) is 18.0 Å². The number of hydrogen-bond donors (Lipinski definition) is 1. The molecule has 0 saturated heterocycles. The molecule has 5 nitrogen and oxygen atoms in total. The van der Waals surface area contributed by atoms with E-state index in [2.05, 4.69) is 36.3 Å². The molecule has 0 radical (unpaired) electrons. The highest BCUT2D eigenvalue weighted by Gasteiger charge is 2.13. The highest BCUT2D eigenvalue weighted by molar-refractivity contribution is 5.98. The molecular weight excluding hydrogens is 302 g/mol. The molecule has 1 N–H and O–H groups in total. The Labute approximate surface area is 142 Å². The third-order valence-corrected chi connectivity index (χ3v) is 3.52. The second-order valence-electron chi connectivity index (χ2n) is 6.54. The molecule has 126 valence electrons. The monoisotopic (exact) mass is 325 g/mol. The van der Waals surface area contributed by atoms with Crippen LogP contribution in [0.5, 0.6) is 5.75 Å². The molecule has 1 aromatic heterocycles. The minimum atomic E-state index is -0.307. The van der Waals surface area contributed by atoms with Crippen molar-refractivity contribution in [3.8, 4) is 5.75 Å². The van der Waals surface area contributed by atoms with E-state index in [0.29, 0.717) is 11.5 Å². The summed E-state index contributed by atoms with van der Waals surface area (Å²) in [6, 6.07) is 11.5. The minimum Gasteiger partial charge on any atom is -0.484 e. The number of aromatic nitrogens is 1. The fourth-order valence-electron chi connectivity index (χ4n) is 2.02. The average Bonchev–Trinajstić information content (AvgIpc) is 2.58. The summed E-state index contributed by atoms with van der Waals surface area (Å²) in [5.74, 6) is 0.351. The summed E-state index contributed by atoms with van der Waals surface area (Å²) < 4.78 is 5.48. The van der Waals surface area contributed by atoms with Crippen LogP contribution in [0, 0.1) is 0 Å². The Morgan fingerprint density at radius 2 is 1.92 bits per heavy atom. The normalized spacial score (nSPS) is 11.9. The van der Waals surface area contributed by atoms with E-state index in [1.807, 2.05) is 43.3 Å². The van der Waals surface area contributed by atoms with Crippen molar-refractivity contribution in [2.24, 2.45) is 5.10 Å². The van der Waals surface area contributed by atoms with E-state index in [4.69, 9.17) is 4.74 Å². The summed E-state index contributed by atoms with van der Waals surface area (Å²) in [6.45, 7) is 8.18. The van der Waals surface area contributed by atoms with Crippen molar-refractivity contribution in [2.75, 3.05) is 6.61 Å². The predicted molar refractivity (Wildman–Crippen MR) is 95.2 cm³/mol. The van der Waals surface area contributed by atoms with Gasteiger partial charge in [0.2, 0.25) is 0 Å². The van der Waals surface area contributed by atoms with Gasteiger partial charge in [0.1, 0.15) is 5.75 Å². The molecule has 0 aliphatic heterocycles. The average molecular weight is 325 g/mol. The van der Waals surface area contributed by atoms with Gasteiger partial charge in [-0.2, -0.15) is 5.10 Å². The van der Waals surface area contributed by atoms with Gasteiger partial charge < -0.3 is 4.74 Å². The van der Waals surface area contributed by atoms with Crippen LogP contribution in [0.3, 0.4) is 0 Å². The van der Waals surface area contributed by atoms with Crippen molar-refractivity contribution >= 4 is 11.6 Å². The summed E-state index contributed by atoms with van der Waals surface area (Å²) in [4.78, 5) is 15.8. The second kappa shape index (κ2) is 7.73. The van der Waals surface area contributed by atoms with Crippen molar-refractivity contribution in [1.29, 1.82) is 0 Å². The van der Waals surface area contributed by atoms with Gasteiger partial charge in [-0.1, -0.05) is 39.0 Å². The number of benzene rings is 1. The first kappa shape index (κ1) is 17.7. The van der Waals surface area contributed by atoms with Gasteiger partial charge in [-0.3, -0.25) is 9.78 Å². The highest BCUT2D eigenvalue weighted by Crippen LogP contribution is 2.24. The molecular formula is C19H23N3O2. The van der Waals surface area contributed by atoms with Gasteiger partial charge in [-0.25, -0.2) is 5.43 Å². The summed E-state index contributed by atoms with van der Waals surface area (Å²) in [5.41, 5.74) is 5.34. The Morgan fingerprint density at radius 1 is 1.21 bits per heavy atom. The molecule has 0 unspecified atom stereocenters. The van der Waals surface area contributed by atoms with E-state index in [9.17, 15) is 4.79 Å². The molecule has 0 aliphatic carbocycles. The van der Waals surface area contributed by atoms with Crippen LogP contribution in [0.1, 0.15) is 38.8 Å². The molecule has 0 bridgehead atoms. The maximum atomic E-state index is 11.8. The van der Waals surface area contributed by atoms with Crippen molar-refractivity contribution in [2.45, 2.75) is 33.1 Å². The first-order valence-electron chi connectivity index (χ1n) is 7.83. The van der Waals surface area contributed by atoms with Crippen LogP contribution in [0.25, 0.3) is 0 Å². The van der Waals surface area contributed by atoms with Gasteiger partial charge in [-0.05, 0) is 36.1 Å². The number of pyridine rings is 1. The number of amides is 1. The minimum absolute atomic E-state index is 0.0846. The van der Waals surface area contributed by atoms with Crippen LogP contribution in [0.4, 0.5) is 0 Å². The number of rotatable bonds is 5. The molecule has 1 amide bonds. The molecule has 0 saturated carbocycles. The molecule has 0 spiro atoms. The molecule has 5 heteroatoms. The van der Waals surface area contributed by atoms with Crippen molar-refractivity contribution in [3.63, 3.8) is 0 Å². The quantitative estimate of drug-likeness (QED) is 0.677. The van der Waals surface area contributed by atoms with Crippen LogP contribution in [-0.4, -0.2) is 23.2 Å². The molecule has 0 fully saturated rings. The molecule has 24 heavy (non-hydrogen) atoms. The number of carbonyl (C=O) groups excluding carboxylic acids is 1. The standard InChI is InChI=1S/C19H23N3O2/c1-14(15-6-5-11-20-12-15)21-22-18(23)13-24-17-9-7-16(8-10-17)19(2,3)4/h5-12H,13H2,1-4H3,(H,22,23)/b21-14+. The number of nitrogens with one attached hydrogen (secondary N) is 1. The zero-order valence-corrected chi connectivity index (χ0v) is 14.5. The van der Waals surface area contributed by atoms with E-state index in [1.54, 1.807) is 12.4 Å². The van der Waals surface area contributed by atoms with Crippen molar-refractivity contribution in [1.82, 2.24) is 10.4 Å². The number of nitrogens with zero attached hydrogens (tertiary/aromatic N) is 2. The zero-order valence-electron chi connectivity index (χ0n) is 14.5. The zero-order chi connectivity index (χ0) is 17.6. The SMILES string of the molecule is C/C(=N\NC(=O)COc1ccc(C(C)(C)C)cc1)c1cccnc1. The molecule has 0 aliphatic rings. The fourth-order valence-corrected chi connectivity index (χ4v) is 2.02. The maximum Gasteiger partial charge on any atom is 0.277 e. The number of hydrazone groups is 1. The summed E-state index contributed by atoms with van der Waals surface area (Å²) >= 11 is 0. The Morgan fingerprint density at radius 3 is 2.50 bits per heavy atom. The van der Waals surface area contributed by atoms with E-state index in [-0.39, 0.29) is 17.9 Å². The summed E-state index contributed by atoms with van der Waals surface area (Å²) in [6.07, 6.45) is 3.38. The van der Waals surface area contributed by atoms with E-state index < -0.39 is 0 Å². The summed E-state index contributed by atoms with van der Waals surface area (Å²) in [7, 11) is 0. The lowest BCUT2D eigenvalue weighted by atomic mass is 9.87. The van der Waals surface area contributed by atoms with E-state index >= 15 is 0 Å². The molecule has 0 atom stereocenters. The van der Waals surface area contributed by atoms with Gasteiger partial charge in [0.25, 0.3) is 5.91 Å². The first-order valence-corrected chi connectivity index (χ1v) is 7.83. The second-order valence-corrected chi connectivity index (χ2v) is 6.54. The lowest BCUT2D eigenvalue weighted by molar-refractivity contribution is -0.123. The Bertz CT molecular complexity index is 702. The van der Waals surface area contributed by atoms with Gasteiger partial charge >= 0.3 is 0 Å². The molecule has 2 aromatic rings. The van der Waals surface area contributed by atoms with E-state index in [0.717, 1.165) is 5.56 Å². The van der Waals surface area contributed by atoms with Crippen molar-refractivity contribution in [3.05, 3.63) is 59.9 Å². The van der Waals surface area contributed by atoms with Crippen LogP contribution >= 0.6 is 0 Å². The first-order chi connectivity index (χ1) is 11.4. The lowest BCUT2D eigenvalue weighted by Gasteiger charge is -2.19. The maximum absolute atomic E-state index is 11.8.